The summed E-state index contributed by atoms with van der Waals surface area (Å²) in [4.78, 5) is 29.3. The van der Waals surface area contributed by atoms with Crippen LogP contribution >= 0.6 is 22.9 Å². The third-order valence-electron chi connectivity index (χ3n) is 3.93. The number of anilines is 2. The molecule has 3 aromatic rings. The van der Waals surface area contributed by atoms with Crippen LogP contribution in [0.2, 0.25) is 5.02 Å². The zero-order valence-corrected chi connectivity index (χ0v) is 16.9. The molecule has 1 aromatic heterocycles. The van der Waals surface area contributed by atoms with Crippen LogP contribution in [-0.2, 0) is 6.54 Å². The molecule has 3 N–H and O–H groups in total. The number of nitrogens with one attached hydrogen (secondary N) is 3. The molecule has 0 radical (unpaired) electrons. The maximum atomic E-state index is 12.5. The highest BCUT2D eigenvalue weighted by atomic mass is 35.5. The molecule has 28 heavy (non-hydrogen) atoms. The van der Waals surface area contributed by atoms with E-state index in [0.717, 1.165) is 22.5 Å². The van der Waals surface area contributed by atoms with Gasteiger partial charge in [-0.3, -0.25) is 10.1 Å². The van der Waals surface area contributed by atoms with Gasteiger partial charge in [-0.05, 0) is 37.6 Å². The largest absolute Gasteiger partial charge is 0.347 e. The van der Waals surface area contributed by atoms with Gasteiger partial charge in [-0.15, -0.1) is 0 Å². The average molecular weight is 415 g/mol. The Balaban J connectivity index is 1.60. The molecular weight excluding hydrogens is 396 g/mol. The van der Waals surface area contributed by atoms with Crippen molar-refractivity contribution in [2.24, 2.45) is 0 Å². The summed E-state index contributed by atoms with van der Waals surface area (Å²) in [6, 6.07) is 14.3. The van der Waals surface area contributed by atoms with E-state index in [1.807, 2.05) is 49.4 Å². The van der Waals surface area contributed by atoms with E-state index < -0.39 is 6.03 Å². The molecule has 0 saturated heterocycles. The van der Waals surface area contributed by atoms with Crippen LogP contribution in [0.1, 0.15) is 26.5 Å². The van der Waals surface area contributed by atoms with Crippen molar-refractivity contribution in [2.75, 3.05) is 10.6 Å². The van der Waals surface area contributed by atoms with Gasteiger partial charge in [0.1, 0.15) is 4.88 Å². The number of carbonyl (C=O) groups is 2. The Morgan fingerprint density at radius 2 is 1.75 bits per heavy atom. The number of halogens is 1. The van der Waals surface area contributed by atoms with Crippen LogP contribution in [0, 0.1) is 13.8 Å². The van der Waals surface area contributed by atoms with Crippen LogP contribution < -0.4 is 16.0 Å². The minimum atomic E-state index is -0.416. The average Bonchev–Trinajstić information content (AvgIpc) is 3.02. The van der Waals surface area contributed by atoms with Crippen molar-refractivity contribution in [2.45, 2.75) is 20.4 Å². The Kier molecular flexibility index (Phi) is 6.28. The van der Waals surface area contributed by atoms with Crippen LogP contribution in [0.4, 0.5) is 15.6 Å². The number of benzene rings is 2. The molecule has 144 valence electrons. The third-order valence-corrected chi connectivity index (χ3v) is 5.37. The molecule has 0 unspecified atom stereocenters. The lowest BCUT2D eigenvalue weighted by Gasteiger charge is -2.06. The molecule has 0 aliphatic carbocycles. The van der Waals surface area contributed by atoms with E-state index in [1.54, 1.807) is 13.0 Å². The van der Waals surface area contributed by atoms with Crippen LogP contribution in [0.15, 0.2) is 48.5 Å². The van der Waals surface area contributed by atoms with Gasteiger partial charge in [0.05, 0.1) is 5.69 Å². The van der Waals surface area contributed by atoms with Crippen molar-refractivity contribution < 1.29 is 9.59 Å². The second kappa shape index (κ2) is 8.86. The lowest BCUT2D eigenvalue weighted by atomic mass is 10.2. The van der Waals surface area contributed by atoms with Crippen LogP contribution in [-0.4, -0.2) is 16.9 Å². The highest BCUT2D eigenvalue weighted by Crippen LogP contribution is 2.23. The fourth-order valence-electron chi connectivity index (χ4n) is 2.45. The Hall–Kier alpha value is -2.90. The van der Waals surface area contributed by atoms with Crippen molar-refractivity contribution in [1.82, 2.24) is 10.3 Å². The van der Waals surface area contributed by atoms with Crippen LogP contribution in [0.25, 0.3) is 0 Å². The van der Waals surface area contributed by atoms with E-state index in [1.165, 1.54) is 0 Å². The van der Waals surface area contributed by atoms with E-state index in [9.17, 15) is 9.59 Å². The van der Waals surface area contributed by atoms with Gasteiger partial charge in [-0.25, -0.2) is 9.78 Å². The summed E-state index contributed by atoms with van der Waals surface area (Å²) in [5.74, 6) is -0.262. The maximum Gasteiger partial charge on any atom is 0.325 e. The van der Waals surface area contributed by atoms with Gasteiger partial charge in [0, 0.05) is 17.3 Å². The molecule has 6 nitrogen and oxygen atoms in total. The molecule has 0 aliphatic heterocycles. The quantitative estimate of drug-likeness (QED) is 0.550. The van der Waals surface area contributed by atoms with Crippen molar-refractivity contribution in [3.8, 4) is 0 Å². The number of rotatable bonds is 5. The predicted octanol–water partition coefficient (Wildman–Crippen LogP) is 4.99. The molecule has 3 rings (SSSR count). The van der Waals surface area contributed by atoms with Gasteiger partial charge in [0.2, 0.25) is 0 Å². The van der Waals surface area contributed by atoms with Gasteiger partial charge in [-0.1, -0.05) is 58.8 Å². The van der Waals surface area contributed by atoms with Crippen LogP contribution in [0.5, 0.6) is 0 Å². The molecule has 0 atom stereocenters. The van der Waals surface area contributed by atoms with Crippen molar-refractivity contribution >= 4 is 45.7 Å². The van der Waals surface area contributed by atoms with E-state index in [-0.39, 0.29) is 5.91 Å². The summed E-state index contributed by atoms with van der Waals surface area (Å²) in [5.41, 5.74) is 3.16. The standard InChI is InChI=1S/C20H19ClN4O2S/c1-12-7-9-15(10-8-12)24-19(27)25-20-23-13(2)17(28-20)18(26)22-11-14-5-3-4-6-16(14)21/h3-10H,11H2,1-2H3,(H,22,26)(H2,23,24,25,27). The van der Waals surface area contributed by atoms with Crippen molar-refractivity contribution in [3.63, 3.8) is 0 Å². The molecule has 8 heteroatoms. The molecule has 1 heterocycles. The second-order valence-corrected chi connectivity index (χ2v) is 7.56. The van der Waals surface area contributed by atoms with E-state index in [2.05, 4.69) is 20.9 Å². The number of urea groups is 1. The maximum absolute atomic E-state index is 12.5. The van der Waals surface area contributed by atoms with Gasteiger partial charge >= 0.3 is 6.03 Å². The summed E-state index contributed by atoms with van der Waals surface area (Å²) in [6.45, 7) is 4.01. The summed E-state index contributed by atoms with van der Waals surface area (Å²) in [7, 11) is 0. The van der Waals surface area contributed by atoms with Gasteiger partial charge < -0.3 is 10.6 Å². The molecule has 3 amide bonds. The first-order valence-corrected chi connectivity index (χ1v) is 9.75. The zero-order chi connectivity index (χ0) is 20.1. The zero-order valence-electron chi connectivity index (χ0n) is 15.4. The summed E-state index contributed by atoms with van der Waals surface area (Å²) in [5, 5.41) is 9.17. The predicted molar refractivity (Wildman–Crippen MR) is 113 cm³/mol. The number of nitrogens with zero attached hydrogens (tertiary/aromatic N) is 1. The minimum Gasteiger partial charge on any atom is -0.347 e. The Morgan fingerprint density at radius 1 is 1.04 bits per heavy atom. The molecule has 0 bridgehead atoms. The summed E-state index contributed by atoms with van der Waals surface area (Å²) in [6.07, 6.45) is 0. The molecule has 0 fully saturated rings. The highest BCUT2D eigenvalue weighted by Gasteiger charge is 2.17. The number of hydrogen-bond acceptors (Lipinski definition) is 4. The fourth-order valence-corrected chi connectivity index (χ4v) is 3.53. The fraction of sp³-hybridized carbons (Fsp3) is 0.150. The van der Waals surface area contributed by atoms with E-state index in [0.29, 0.717) is 33.0 Å². The first-order chi connectivity index (χ1) is 13.4. The highest BCUT2D eigenvalue weighted by molar-refractivity contribution is 7.17. The third kappa shape index (κ3) is 5.09. The number of aromatic nitrogens is 1. The monoisotopic (exact) mass is 414 g/mol. The lowest BCUT2D eigenvalue weighted by Crippen LogP contribution is -2.22. The van der Waals surface area contributed by atoms with E-state index >= 15 is 0 Å². The molecule has 0 saturated carbocycles. The first kappa shape index (κ1) is 19.9. The summed E-state index contributed by atoms with van der Waals surface area (Å²) >= 11 is 7.23. The normalized spacial score (nSPS) is 10.4. The van der Waals surface area contributed by atoms with Gasteiger partial charge in [-0.2, -0.15) is 0 Å². The first-order valence-electron chi connectivity index (χ1n) is 8.56. The van der Waals surface area contributed by atoms with Gasteiger partial charge in [0.15, 0.2) is 5.13 Å². The number of carbonyl (C=O) groups excluding carboxylic acids is 2. The SMILES string of the molecule is Cc1ccc(NC(=O)Nc2nc(C)c(C(=O)NCc3ccccc3Cl)s2)cc1. The molecule has 0 spiro atoms. The number of hydrogen-bond donors (Lipinski definition) is 3. The van der Waals surface area contributed by atoms with Crippen LogP contribution in [0.3, 0.4) is 0 Å². The Bertz CT molecular complexity index is 1000. The molecule has 0 aliphatic rings. The van der Waals surface area contributed by atoms with Crippen molar-refractivity contribution in [3.05, 3.63) is 75.3 Å². The summed E-state index contributed by atoms with van der Waals surface area (Å²) < 4.78 is 0. The smallest absolute Gasteiger partial charge is 0.325 e. The second-order valence-electron chi connectivity index (χ2n) is 6.15. The Labute approximate surface area is 172 Å². The number of thiazole rings is 1. The Morgan fingerprint density at radius 3 is 2.46 bits per heavy atom. The van der Waals surface area contributed by atoms with Gasteiger partial charge in [0.25, 0.3) is 5.91 Å². The van der Waals surface area contributed by atoms with Crippen molar-refractivity contribution in [1.29, 1.82) is 0 Å². The topological polar surface area (TPSA) is 83.1 Å². The number of amides is 3. The number of aryl methyl sites for hydroxylation is 2. The lowest BCUT2D eigenvalue weighted by molar-refractivity contribution is 0.0954. The molecule has 2 aromatic carbocycles. The van der Waals surface area contributed by atoms with E-state index in [4.69, 9.17) is 11.6 Å². The molecular formula is C20H19ClN4O2S. The minimum absolute atomic E-state index is 0.262.